The summed E-state index contributed by atoms with van der Waals surface area (Å²) >= 11 is 1.41. The molecule has 0 amide bonds. The van der Waals surface area contributed by atoms with Gasteiger partial charge in [-0.2, -0.15) is 0 Å². The Balaban J connectivity index is 2.15. The minimum absolute atomic E-state index is 0.159. The summed E-state index contributed by atoms with van der Waals surface area (Å²) in [5.41, 5.74) is 0.322. The van der Waals surface area contributed by atoms with Crippen LogP contribution in [0, 0.1) is 11.6 Å². The molecule has 0 saturated heterocycles. The highest BCUT2D eigenvalue weighted by molar-refractivity contribution is 7.10. The first-order valence-corrected chi connectivity index (χ1v) is 5.70. The van der Waals surface area contributed by atoms with Gasteiger partial charge in [0.25, 0.3) is 0 Å². The molecule has 0 radical (unpaired) electrons. The van der Waals surface area contributed by atoms with Gasteiger partial charge in [0, 0.05) is 17.4 Å². The second-order valence-electron chi connectivity index (χ2n) is 3.47. The quantitative estimate of drug-likeness (QED) is 0.872. The fourth-order valence-corrected chi connectivity index (χ4v) is 2.19. The van der Waals surface area contributed by atoms with E-state index in [2.05, 4.69) is 0 Å². The van der Waals surface area contributed by atoms with Gasteiger partial charge in [0.2, 0.25) is 0 Å². The Hall–Kier alpha value is -1.26. The molecule has 0 aliphatic heterocycles. The van der Waals surface area contributed by atoms with Crippen LogP contribution in [0.1, 0.15) is 16.5 Å². The van der Waals surface area contributed by atoms with E-state index in [0.29, 0.717) is 5.56 Å². The Bertz CT molecular complexity index is 468. The number of halogens is 2. The van der Waals surface area contributed by atoms with Crippen molar-refractivity contribution in [2.75, 3.05) is 0 Å². The van der Waals surface area contributed by atoms with Gasteiger partial charge < -0.3 is 5.11 Å². The summed E-state index contributed by atoms with van der Waals surface area (Å²) in [5.74, 6) is -1.22. The van der Waals surface area contributed by atoms with Crippen molar-refractivity contribution in [1.29, 1.82) is 0 Å². The van der Waals surface area contributed by atoms with E-state index in [4.69, 9.17) is 0 Å². The van der Waals surface area contributed by atoms with Crippen molar-refractivity contribution in [2.24, 2.45) is 0 Å². The van der Waals surface area contributed by atoms with Gasteiger partial charge in [0.05, 0.1) is 6.10 Å². The van der Waals surface area contributed by atoms with E-state index in [9.17, 15) is 13.9 Å². The maximum atomic E-state index is 13.3. The van der Waals surface area contributed by atoms with E-state index in [1.54, 1.807) is 6.07 Å². The summed E-state index contributed by atoms with van der Waals surface area (Å²) < 4.78 is 26.0. The number of aliphatic hydroxyl groups excluding tert-OH is 1. The SMILES string of the molecule is OC(Cc1ccc(F)cc1F)c1cccs1. The summed E-state index contributed by atoms with van der Waals surface area (Å²) in [6, 6.07) is 7.00. The van der Waals surface area contributed by atoms with Crippen LogP contribution in [0.15, 0.2) is 35.7 Å². The molecule has 1 heterocycles. The molecule has 0 aliphatic rings. The lowest BCUT2D eigenvalue weighted by molar-refractivity contribution is 0.181. The van der Waals surface area contributed by atoms with Crippen molar-refractivity contribution in [3.63, 3.8) is 0 Å². The van der Waals surface area contributed by atoms with E-state index in [1.165, 1.54) is 23.5 Å². The molecule has 0 spiro atoms. The molecule has 0 fully saturated rings. The van der Waals surface area contributed by atoms with Crippen LogP contribution in [-0.2, 0) is 6.42 Å². The Kier molecular flexibility index (Phi) is 3.31. The zero-order chi connectivity index (χ0) is 11.5. The van der Waals surface area contributed by atoms with Crippen LogP contribution in [0.5, 0.6) is 0 Å². The van der Waals surface area contributed by atoms with Gasteiger partial charge in [-0.3, -0.25) is 0 Å². The van der Waals surface area contributed by atoms with E-state index in [-0.39, 0.29) is 6.42 Å². The fourth-order valence-electron chi connectivity index (χ4n) is 1.48. The molecule has 1 atom stereocenters. The number of hydrogen-bond acceptors (Lipinski definition) is 2. The molecule has 1 unspecified atom stereocenters. The van der Waals surface area contributed by atoms with Gasteiger partial charge in [-0.1, -0.05) is 12.1 Å². The maximum Gasteiger partial charge on any atom is 0.129 e. The normalized spacial score (nSPS) is 12.7. The molecule has 2 aromatic rings. The van der Waals surface area contributed by atoms with Crippen molar-refractivity contribution in [3.05, 3.63) is 57.8 Å². The standard InChI is InChI=1S/C12H10F2OS/c13-9-4-3-8(10(14)7-9)6-11(15)12-2-1-5-16-12/h1-5,7,11,15H,6H2. The van der Waals surface area contributed by atoms with Crippen LogP contribution < -0.4 is 0 Å². The Morgan fingerprint density at radius 2 is 2.06 bits per heavy atom. The van der Waals surface area contributed by atoms with Crippen LogP contribution in [0.25, 0.3) is 0 Å². The molecule has 0 saturated carbocycles. The Morgan fingerprint density at radius 1 is 1.25 bits per heavy atom. The first kappa shape index (κ1) is 11.2. The highest BCUT2D eigenvalue weighted by atomic mass is 32.1. The molecule has 2 rings (SSSR count). The summed E-state index contributed by atoms with van der Waals surface area (Å²) in [6.07, 6.45) is -0.577. The molecule has 0 bridgehead atoms. The van der Waals surface area contributed by atoms with Crippen molar-refractivity contribution in [3.8, 4) is 0 Å². The number of hydrogen-bond donors (Lipinski definition) is 1. The lowest BCUT2D eigenvalue weighted by atomic mass is 10.1. The third kappa shape index (κ3) is 2.46. The fraction of sp³-hybridized carbons (Fsp3) is 0.167. The van der Waals surface area contributed by atoms with Gasteiger partial charge in [-0.25, -0.2) is 8.78 Å². The van der Waals surface area contributed by atoms with E-state index >= 15 is 0 Å². The van der Waals surface area contributed by atoms with Gasteiger partial charge >= 0.3 is 0 Å². The minimum atomic E-state index is -0.736. The van der Waals surface area contributed by atoms with Crippen LogP contribution in [0.2, 0.25) is 0 Å². The van der Waals surface area contributed by atoms with E-state index in [0.717, 1.165) is 10.9 Å². The van der Waals surface area contributed by atoms with E-state index < -0.39 is 17.7 Å². The molecule has 0 aliphatic carbocycles. The smallest absolute Gasteiger partial charge is 0.129 e. The second-order valence-corrected chi connectivity index (χ2v) is 4.45. The van der Waals surface area contributed by atoms with Gasteiger partial charge in [-0.15, -0.1) is 11.3 Å². The number of rotatable bonds is 3. The largest absolute Gasteiger partial charge is 0.387 e. The summed E-state index contributed by atoms with van der Waals surface area (Å²) in [4.78, 5) is 0.781. The third-order valence-corrected chi connectivity index (χ3v) is 3.27. The van der Waals surface area contributed by atoms with Crippen LogP contribution >= 0.6 is 11.3 Å². The molecular weight excluding hydrogens is 230 g/mol. The van der Waals surface area contributed by atoms with Crippen molar-refractivity contribution in [2.45, 2.75) is 12.5 Å². The van der Waals surface area contributed by atoms with Crippen molar-refractivity contribution >= 4 is 11.3 Å². The lowest BCUT2D eigenvalue weighted by Crippen LogP contribution is -2.02. The predicted molar refractivity (Wildman–Crippen MR) is 59.3 cm³/mol. The molecular formula is C12H10F2OS. The summed E-state index contributed by atoms with van der Waals surface area (Å²) in [7, 11) is 0. The molecule has 1 aromatic heterocycles. The molecule has 16 heavy (non-hydrogen) atoms. The zero-order valence-corrected chi connectivity index (χ0v) is 9.18. The zero-order valence-electron chi connectivity index (χ0n) is 8.36. The van der Waals surface area contributed by atoms with Crippen molar-refractivity contribution in [1.82, 2.24) is 0 Å². The number of aliphatic hydroxyl groups is 1. The third-order valence-electron chi connectivity index (χ3n) is 2.30. The highest BCUT2D eigenvalue weighted by Crippen LogP contribution is 2.23. The Labute approximate surface area is 96.0 Å². The lowest BCUT2D eigenvalue weighted by Gasteiger charge is -2.09. The average Bonchev–Trinajstić information content (AvgIpc) is 2.75. The van der Waals surface area contributed by atoms with Crippen LogP contribution in [-0.4, -0.2) is 5.11 Å². The predicted octanol–water partition coefficient (Wildman–Crippen LogP) is 3.30. The van der Waals surface area contributed by atoms with E-state index in [1.807, 2.05) is 11.4 Å². The van der Waals surface area contributed by atoms with Gasteiger partial charge in [-0.05, 0) is 23.1 Å². The van der Waals surface area contributed by atoms with Crippen LogP contribution in [0.4, 0.5) is 8.78 Å². The summed E-state index contributed by atoms with van der Waals surface area (Å²) in [6.45, 7) is 0. The minimum Gasteiger partial charge on any atom is -0.387 e. The van der Waals surface area contributed by atoms with Crippen molar-refractivity contribution < 1.29 is 13.9 Å². The van der Waals surface area contributed by atoms with Gasteiger partial charge in [0.15, 0.2) is 0 Å². The van der Waals surface area contributed by atoms with Crippen LogP contribution in [0.3, 0.4) is 0 Å². The second kappa shape index (κ2) is 4.72. The highest BCUT2D eigenvalue weighted by Gasteiger charge is 2.12. The first-order chi connectivity index (χ1) is 7.66. The maximum absolute atomic E-state index is 13.3. The Morgan fingerprint density at radius 3 is 2.69 bits per heavy atom. The molecule has 4 heteroatoms. The average molecular weight is 240 g/mol. The topological polar surface area (TPSA) is 20.2 Å². The molecule has 84 valence electrons. The molecule has 1 aromatic carbocycles. The molecule has 1 nitrogen and oxygen atoms in total. The first-order valence-electron chi connectivity index (χ1n) is 4.82. The monoisotopic (exact) mass is 240 g/mol. The number of thiophene rings is 1. The summed E-state index contributed by atoms with van der Waals surface area (Å²) in [5, 5.41) is 11.7. The number of benzene rings is 1. The molecule has 1 N–H and O–H groups in total. The van der Waals surface area contributed by atoms with Gasteiger partial charge in [0.1, 0.15) is 11.6 Å².